The van der Waals surface area contributed by atoms with Crippen molar-refractivity contribution in [3.05, 3.63) is 41.2 Å². The summed E-state index contributed by atoms with van der Waals surface area (Å²) in [5, 5.41) is 7.08. The molecular formula is C16H19N3O2. The second-order valence-electron chi connectivity index (χ2n) is 5.49. The number of aromatic nitrogens is 2. The van der Waals surface area contributed by atoms with E-state index in [1.165, 1.54) is 0 Å². The lowest BCUT2D eigenvalue weighted by Crippen LogP contribution is -2.43. The molecule has 1 atom stereocenters. The minimum Gasteiger partial charge on any atom is -0.487 e. The van der Waals surface area contributed by atoms with E-state index in [4.69, 9.17) is 4.74 Å². The van der Waals surface area contributed by atoms with Gasteiger partial charge in [0.05, 0.1) is 24.3 Å². The average Bonchev–Trinajstić information content (AvgIpc) is 2.78. The minimum atomic E-state index is -0.00427. The zero-order chi connectivity index (χ0) is 15.0. The van der Waals surface area contributed by atoms with Crippen molar-refractivity contribution in [2.75, 3.05) is 11.4 Å². The van der Waals surface area contributed by atoms with Crippen molar-refractivity contribution in [3.8, 4) is 5.75 Å². The van der Waals surface area contributed by atoms with Crippen LogP contribution in [0.1, 0.15) is 23.9 Å². The largest absolute Gasteiger partial charge is 0.487 e. The van der Waals surface area contributed by atoms with Gasteiger partial charge in [0.2, 0.25) is 5.91 Å². The van der Waals surface area contributed by atoms with Crippen LogP contribution in [0.4, 0.5) is 5.69 Å². The van der Waals surface area contributed by atoms with Crippen LogP contribution in [-0.4, -0.2) is 28.8 Å². The zero-order valence-electron chi connectivity index (χ0n) is 12.5. The summed E-state index contributed by atoms with van der Waals surface area (Å²) in [6.45, 7) is 6.41. The first-order chi connectivity index (χ1) is 10.1. The number of anilines is 1. The van der Waals surface area contributed by atoms with Crippen molar-refractivity contribution in [1.29, 1.82) is 0 Å². The highest BCUT2D eigenvalue weighted by Crippen LogP contribution is 2.33. The van der Waals surface area contributed by atoms with Crippen LogP contribution in [0.25, 0.3) is 0 Å². The monoisotopic (exact) mass is 285 g/mol. The summed E-state index contributed by atoms with van der Waals surface area (Å²) < 4.78 is 5.78. The van der Waals surface area contributed by atoms with E-state index in [1.807, 2.05) is 49.9 Å². The van der Waals surface area contributed by atoms with Crippen molar-refractivity contribution in [2.24, 2.45) is 0 Å². The molecule has 1 N–H and O–H groups in total. The zero-order valence-corrected chi connectivity index (χ0v) is 12.5. The van der Waals surface area contributed by atoms with Gasteiger partial charge in [-0.3, -0.25) is 9.89 Å². The smallest absolute Gasteiger partial charge is 0.231 e. The molecule has 0 aliphatic carbocycles. The van der Waals surface area contributed by atoms with E-state index in [9.17, 15) is 4.79 Å². The summed E-state index contributed by atoms with van der Waals surface area (Å²) in [4.78, 5) is 14.5. The summed E-state index contributed by atoms with van der Waals surface area (Å²) in [5.74, 6) is 0.843. The van der Waals surface area contributed by atoms with E-state index in [2.05, 4.69) is 10.2 Å². The summed E-state index contributed by atoms with van der Waals surface area (Å²) in [7, 11) is 0. The Morgan fingerprint density at radius 3 is 2.90 bits per heavy atom. The summed E-state index contributed by atoms with van der Waals surface area (Å²) in [6, 6.07) is 7.67. The van der Waals surface area contributed by atoms with E-state index in [-0.39, 0.29) is 12.0 Å². The van der Waals surface area contributed by atoms with Gasteiger partial charge in [0.15, 0.2) is 0 Å². The molecule has 2 heterocycles. The van der Waals surface area contributed by atoms with Crippen LogP contribution in [-0.2, 0) is 11.2 Å². The number of H-pyrrole nitrogens is 1. The molecule has 0 radical (unpaired) electrons. The Balaban J connectivity index is 1.88. The number of aryl methyl sites for hydroxylation is 2. The van der Waals surface area contributed by atoms with Gasteiger partial charge in [-0.25, -0.2) is 0 Å². The van der Waals surface area contributed by atoms with E-state index >= 15 is 0 Å². The van der Waals surface area contributed by atoms with Gasteiger partial charge < -0.3 is 9.64 Å². The highest BCUT2D eigenvalue weighted by atomic mass is 16.5. The SMILES string of the molecule is Cc1n[nH]c(C)c1CC(=O)N1CC(C)Oc2ccccc21. The third-order valence-electron chi connectivity index (χ3n) is 3.83. The Bertz CT molecular complexity index is 658. The molecule has 1 aromatic heterocycles. The first-order valence-corrected chi connectivity index (χ1v) is 7.12. The molecular weight excluding hydrogens is 266 g/mol. The van der Waals surface area contributed by atoms with Gasteiger partial charge in [-0.1, -0.05) is 12.1 Å². The van der Waals surface area contributed by atoms with Crippen LogP contribution in [0.3, 0.4) is 0 Å². The number of nitrogens with zero attached hydrogens (tertiary/aromatic N) is 2. The van der Waals surface area contributed by atoms with Gasteiger partial charge in [-0.2, -0.15) is 5.10 Å². The Morgan fingerprint density at radius 2 is 2.19 bits per heavy atom. The second kappa shape index (κ2) is 5.24. The number of amides is 1. The number of aromatic amines is 1. The highest BCUT2D eigenvalue weighted by Gasteiger charge is 2.28. The third kappa shape index (κ3) is 2.51. The third-order valence-corrected chi connectivity index (χ3v) is 3.83. The first-order valence-electron chi connectivity index (χ1n) is 7.12. The van der Waals surface area contributed by atoms with Crippen LogP contribution in [0.2, 0.25) is 0 Å². The number of fused-ring (bicyclic) bond motifs is 1. The maximum atomic E-state index is 12.7. The molecule has 1 amide bonds. The minimum absolute atomic E-state index is 0.00427. The predicted octanol–water partition coefficient (Wildman–Crippen LogP) is 2.38. The Hall–Kier alpha value is -2.30. The molecule has 21 heavy (non-hydrogen) atoms. The maximum absolute atomic E-state index is 12.7. The summed E-state index contributed by atoms with van der Waals surface area (Å²) in [5.41, 5.74) is 3.67. The number of benzene rings is 1. The molecule has 0 fully saturated rings. The Morgan fingerprint density at radius 1 is 1.43 bits per heavy atom. The van der Waals surface area contributed by atoms with E-state index in [0.717, 1.165) is 28.4 Å². The lowest BCUT2D eigenvalue weighted by atomic mass is 10.1. The number of para-hydroxylation sites is 2. The molecule has 0 bridgehead atoms. The van der Waals surface area contributed by atoms with Gasteiger partial charge >= 0.3 is 0 Å². The highest BCUT2D eigenvalue weighted by molar-refractivity contribution is 5.96. The lowest BCUT2D eigenvalue weighted by molar-refractivity contribution is -0.118. The molecule has 5 nitrogen and oxygen atoms in total. The van der Waals surface area contributed by atoms with Crippen LogP contribution < -0.4 is 9.64 Å². The second-order valence-corrected chi connectivity index (χ2v) is 5.49. The van der Waals surface area contributed by atoms with Crippen molar-refractivity contribution in [2.45, 2.75) is 33.3 Å². The normalized spacial score (nSPS) is 17.3. The standard InChI is InChI=1S/C16H19N3O2/c1-10-9-19(14-6-4-5-7-15(14)21-10)16(20)8-13-11(2)17-18-12(13)3/h4-7,10H,8-9H2,1-3H3,(H,17,18). The van der Waals surface area contributed by atoms with Crippen LogP contribution in [0, 0.1) is 13.8 Å². The number of nitrogens with one attached hydrogen (secondary N) is 1. The molecule has 1 unspecified atom stereocenters. The van der Waals surface area contributed by atoms with E-state index < -0.39 is 0 Å². The van der Waals surface area contributed by atoms with Crippen LogP contribution in [0.15, 0.2) is 24.3 Å². The molecule has 0 saturated heterocycles. The molecule has 1 aliphatic rings. The van der Waals surface area contributed by atoms with E-state index in [1.54, 1.807) is 0 Å². The fraction of sp³-hybridized carbons (Fsp3) is 0.375. The van der Waals surface area contributed by atoms with Crippen molar-refractivity contribution in [1.82, 2.24) is 10.2 Å². The first kappa shape index (κ1) is 13.7. The molecule has 0 spiro atoms. The molecule has 3 rings (SSSR count). The number of carbonyl (C=O) groups is 1. The molecule has 0 saturated carbocycles. The molecule has 1 aliphatic heterocycles. The van der Waals surface area contributed by atoms with Crippen molar-refractivity contribution < 1.29 is 9.53 Å². The molecule has 2 aromatic rings. The molecule has 5 heteroatoms. The van der Waals surface area contributed by atoms with Crippen LogP contribution in [0.5, 0.6) is 5.75 Å². The van der Waals surface area contributed by atoms with Gasteiger partial charge in [0, 0.05) is 11.3 Å². The number of ether oxygens (including phenoxy) is 1. The Kier molecular flexibility index (Phi) is 3.41. The number of rotatable bonds is 2. The van der Waals surface area contributed by atoms with Crippen molar-refractivity contribution in [3.63, 3.8) is 0 Å². The van der Waals surface area contributed by atoms with Gasteiger partial charge in [0.1, 0.15) is 11.9 Å². The quantitative estimate of drug-likeness (QED) is 0.921. The molecule has 110 valence electrons. The predicted molar refractivity (Wildman–Crippen MR) is 80.7 cm³/mol. The van der Waals surface area contributed by atoms with E-state index in [0.29, 0.717) is 13.0 Å². The fourth-order valence-electron chi connectivity index (χ4n) is 2.71. The lowest BCUT2D eigenvalue weighted by Gasteiger charge is -2.33. The average molecular weight is 285 g/mol. The summed E-state index contributed by atoms with van der Waals surface area (Å²) >= 11 is 0. The Labute approximate surface area is 123 Å². The fourth-order valence-corrected chi connectivity index (χ4v) is 2.71. The number of carbonyl (C=O) groups excluding carboxylic acids is 1. The number of hydrogen-bond acceptors (Lipinski definition) is 3. The maximum Gasteiger partial charge on any atom is 0.231 e. The summed E-state index contributed by atoms with van der Waals surface area (Å²) in [6.07, 6.45) is 0.352. The van der Waals surface area contributed by atoms with Gasteiger partial charge in [-0.15, -0.1) is 0 Å². The van der Waals surface area contributed by atoms with Crippen LogP contribution >= 0.6 is 0 Å². The molecule has 1 aromatic carbocycles. The van der Waals surface area contributed by atoms with Gasteiger partial charge in [0.25, 0.3) is 0 Å². The number of hydrogen-bond donors (Lipinski definition) is 1. The van der Waals surface area contributed by atoms with Crippen molar-refractivity contribution >= 4 is 11.6 Å². The topological polar surface area (TPSA) is 58.2 Å². The van der Waals surface area contributed by atoms with Gasteiger partial charge in [-0.05, 0) is 32.9 Å².